The molecular weight excluding hydrogens is 377 g/mol. The second-order valence-corrected chi connectivity index (χ2v) is 6.87. The molecule has 0 bridgehead atoms. The third kappa shape index (κ3) is 5.43. The van der Waals surface area contributed by atoms with Crippen molar-refractivity contribution in [2.24, 2.45) is 5.73 Å². The van der Waals surface area contributed by atoms with Gasteiger partial charge in [0.25, 0.3) is 0 Å². The van der Waals surface area contributed by atoms with Gasteiger partial charge in [0.05, 0.1) is 38.0 Å². The van der Waals surface area contributed by atoms with Crippen molar-refractivity contribution in [3.63, 3.8) is 0 Å². The van der Waals surface area contributed by atoms with Crippen molar-refractivity contribution in [2.45, 2.75) is 25.0 Å². The Labute approximate surface area is 169 Å². The van der Waals surface area contributed by atoms with Gasteiger partial charge in [-0.2, -0.15) is 5.26 Å². The molecule has 2 aromatic rings. The molecule has 1 saturated heterocycles. The van der Waals surface area contributed by atoms with E-state index in [2.05, 4.69) is 6.07 Å². The third-order valence-electron chi connectivity index (χ3n) is 4.62. The van der Waals surface area contributed by atoms with Crippen LogP contribution < -0.4 is 15.4 Å². The summed E-state index contributed by atoms with van der Waals surface area (Å²) in [4.78, 5) is 1.87. The van der Waals surface area contributed by atoms with Crippen molar-refractivity contribution >= 4 is 5.69 Å². The van der Waals surface area contributed by atoms with E-state index in [1.165, 1.54) is 13.2 Å². The minimum atomic E-state index is -0.943. The fraction of sp³-hybridized carbons (Fsp3) is 0.381. The zero-order chi connectivity index (χ0) is 20.8. The lowest BCUT2D eigenvalue weighted by atomic mass is 10.1. The Morgan fingerprint density at radius 3 is 2.55 bits per heavy atom. The SMILES string of the molecule is COc1ccc(CN(C[C@H](O)C2OCC(N)CO2)c2ccc(C#N)cc2)cc1F. The van der Waals surface area contributed by atoms with E-state index in [1.54, 1.807) is 36.4 Å². The van der Waals surface area contributed by atoms with Crippen molar-refractivity contribution in [3.8, 4) is 11.8 Å². The standard InChI is InChI=1S/C21H24FN3O4/c1-27-20-7-4-15(8-18(20)22)10-25(17-5-2-14(9-23)3-6-17)11-19(26)21-28-12-16(24)13-29-21/h2-8,16,19,21,26H,10-13,24H2,1H3/t16?,19-,21?/m0/s1. The van der Waals surface area contributed by atoms with Gasteiger partial charge in [0, 0.05) is 18.8 Å². The van der Waals surface area contributed by atoms with Gasteiger partial charge in [-0.25, -0.2) is 4.39 Å². The van der Waals surface area contributed by atoms with Crippen LogP contribution in [-0.2, 0) is 16.0 Å². The summed E-state index contributed by atoms with van der Waals surface area (Å²) in [6, 6.07) is 13.5. The van der Waals surface area contributed by atoms with Crippen LogP contribution >= 0.6 is 0 Å². The van der Waals surface area contributed by atoms with Crippen LogP contribution in [0, 0.1) is 17.1 Å². The minimum Gasteiger partial charge on any atom is -0.494 e. The van der Waals surface area contributed by atoms with E-state index in [0.717, 1.165) is 5.69 Å². The minimum absolute atomic E-state index is 0.166. The molecule has 0 radical (unpaired) electrons. The lowest BCUT2D eigenvalue weighted by molar-refractivity contribution is -0.225. The predicted molar refractivity (Wildman–Crippen MR) is 105 cm³/mol. The molecule has 0 saturated carbocycles. The predicted octanol–water partition coefficient (Wildman–Crippen LogP) is 1.77. The second kappa shape index (κ2) is 9.67. The Morgan fingerprint density at radius 1 is 1.28 bits per heavy atom. The molecule has 0 spiro atoms. The summed E-state index contributed by atoms with van der Waals surface area (Å²) in [6.45, 7) is 1.13. The molecule has 1 atom stereocenters. The van der Waals surface area contributed by atoms with Crippen molar-refractivity contribution < 1.29 is 23.7 Å². The van der Waals surface area contributed by atoms with Crippen LogP contribution in [0.5, 0.6) is 5.75 Å². The van der Waals surface area contributed by atoms with Crippen LogP contribution in [0.15, 0.2) is 42.5 Å². The van der Waals surface area contributed by atoms with Crippen LogP contribution in [-0.4, -0.2) is 50.4 Å². The topological polar surface area (TPSA) is 101 Å². The Bertz CT molecular complexity index is 848. The fourth-order valence-corrected chi connectivity index (χ4v) is 3.10. The number of hydrogen-bond acceptors (Lipinski definition) is 7. The number of nitrogens with two attached hydrogens (primary N) is 1. The average molecular weight is 401 g/mol. The van der Waals surface area contributed by atoms with Crippen molar-refractivity contribution in [2.75, 3.05) is 31.8 Å². The highest BCUT2D eigenvalue weighted by Gasteiger charge is 2.28. The summed E-state index contributed by atoms with van der Waals surface area (Å²) >= 11 is 0. The highest BCUT2D eigenvalue weighted by atomic mass is 19.1. The summed E-state index contributed by atoms with van der Waals surface area (Å²) in [6.07, 6.45) is -1.73. The highest BCUT2D eigenvalue weighted by Crippen LogP contribution is 2.23. The quantitative estimate of drug-likeness (QED) is 0.729. The summed E-state index contributed by atoms with van der Waals surface area (Å²) < 4.78 is 30.0. The first-order valence-corrected chi connectivity index (χ1v) is 9.24. The number of nitriles is 1. The van der Waals surface area contributed by atoms with E-state index in [4.69, 9.17) is 25.2 Å². The summed E-state index contributed by atoms with van der Waals surface area (Å²) in [5.74, 6) is -0.294. The number of aliphatic hydroxyl groups is 1. The van der Waals surface area contributed by atoms with E-state index >= 15 is 0 Å². The van der Waals surface area contributed by atoms with Gasteiger partial charge in [0.2, 0.25) is 0 Å². The van der Waals surface area contributed by atoms with E-state index in [0.29, 0.717) is 30.9 Å². The molecule has 1 heterocycles. The first-order valence-electron chi connectivity index (χ1n) is 9.24. The van der Waals surface area contributed by atoms with E-state index < -0.39 is 18.2 Å². The lowest BCUT2D eigenvalue weighted by Gasteiger charge is -2.34. The van der Waals surface area contributed by atoms with Crippen molar-refractivity contribution in [1.29, 1.82) is 5.26 Å². The van der Waals surface area contributed by atoms with E-state index in [9.17, 15) is 9.50 Å². The van der Waals surface area contributed by atoms with Crippen LogP contribution in [0.1, 0.15) is 11.1 Å². The van der Waals surface area contributed by atoms with Crippen LogP contribution in [0.4, 0.5) is 10.1 Å². The summed E-state index contributed by atoms with van der Waals surface area (Å²) in [7, 11) is 1.41. The molecule has 3 rings (SSSR count). The fourth-order valence-electron chi connectivity index (χ4n) is 3.10. The number of halogens is 1. The van der Waals surface area contributed by atoms with Crippen molar-refractivity contribution in [3.05, 3.63) is 59.4 Å². The molecule has 3 N–H and O–H groups in total. The number of nitrogens with zero attached hydrogens (tertiary/aromatic N) is 2. The summed E-state index contributed by atoms with van der Waals surface area (Å²) in [5.41, 5.74) is 7.74. The molecule has 0 unspecified atom stereocenters. The molecule has 7 nitrogen and oxygen atoms in total. The Hall–Kier alpha value is -2.70. The van der Waals surface area contributed by atoms with Gasteiger partial charge in [-0.3, -0.25) is 0 Å². The zero-order valence-corrected chi connectivity index (χ0v) is 16.1. The maximum Gasteiger partial charge on any atom is 0.185 e. The normalized spacial score (nSPS) is 20.0. The third-order valence-corrected chi connectivity index (χ3v) is 4.62. The first-order chi connectivity index (χ1) is 14.0. The number of hydrogen-bond donors (Lipinski definition) is 2. The molecule has 0 aliphatic carbocycles. The Kier molecular flexibility index (Phi) is 7.01. The molecule has 2 aromatic carbocycles. The lowest BCUT2D eigenvalue weighted by Crippen LogP contribution is -2.49. The van der Waals surface area contributed by atoms with Gasteiger partial charge >= 0.3 is 0 Å². The van der Waals surface area contributed by atoms with Crippen molar-refractivity contribution in [1.82, 2.24) is 0 Å². The monoisotopic (exact) mass is 401 g/mol. The molecule has 1 aliphatic rings. The van der Waals surface area contributed by atoms with Gasteiger partial charge in [0.1, 0.15) is 6.10 Å². The highest BCUT2D eigenvalue weighted by molar-refractivity contribution is 5.50. The Balaban J connectivity index is 1.79. The van der Waals surface area contributed by atoms with E-state index in [-0.39, 0.29) is 18.3 Å². The van der Waals surface area contributed by atoms with Gasteiger partial charge in [-0.15, -0.1) is 0 Å². The maximum atomic E-state index is 14.1. The largest absolute Gasteiger partial charge is 0.494 e. The Morgan fingerprint density at radius 2 is 1.97 bits per heavy atom. The maximum absolute atomic E-state index is 14.1. The number of rotatable bonds is 7. The summed E-state index contributed by atoms with van der Waals surface area (Å²) in [5, 5.41) is 19.6. The van der Waals surface area contributed by atoms with Crippen LogP contribution in [0.25, 0.3) is 0 Å². The van der Waals surface area contributed by atoms with E-state index in [1.807, 2.05) is 4.90 Å². The number of anilines is 1. The average Bonchev–Trinajstić information content (AvgIpc) is 2.74. The molecule has 8 heteroatoms. The first kappa shape index (κ1) is 21.0. The molecule has 0 aromatic heterocycles. The van der Waals surface area contributed by atoms with Crippen LogP contribution in [0.3, 0.4) is 0 Å². The molecule has 29 heavy (non-hydrogen) atoms. The van der Waals surface area contributed by atoms with Gasteiger partial charge in [0.15, 0.2) is 17.9 Å². The molecule has 154 valence electrons. The molecule has 0 amide bonds. The van der Waals surface area contributed by atoms with Gasteiger partial charge in [-0.05, 0) is 42.0 Å². The zero-order valence-electron chi connectivity index (χ0n) is 16.1. The molecule has 1 aliphatic heterocycles. The van der Waals surface area contributed by atoms with Gasteiger partial charge in [-0.1, -0.05) is 6.07 Å². The molecule has 1 fully saturated rings. The number of ether oxygens (including phenoxy) is 3. The second-order valence-electron chi connectivity index (χ2n) is 6.87. The van der Waals surface area contributed by atoms with Crippen LogP contribution in [0.2, 0.25) is 0 Å². The van der Waals surface area contributed by atoms with Gasteiger partial charge < -0.3 is 30.0 Å². The number of aliphatic hydroxyl groups excluding tert-OH is 1. The number of methoxy groups -OCH3 is 1. The number of benzene rings is 2. The smallest absolute Gasteiger partial charge is 0.185 e. The molecular formula is C21H24FN3O4.